The van der Waals surface area contributed by atoms with Crippen LogP contribution in [0.4, 0.5) is 10.1 Å². The number of hydrogen-bond donors (Lipinski definition) is 1. The number of fused-ring (bicyclic) bond motifs is 1. The summed E-state index contributed by atoms with van der Waals surface area (Å²) in [5.74, 6) is 0.878. The third-order valence-electron chi connectivity index (χ3n) is 4.88. The second-order valence-corrected chi connectivity index (χ2v) is 8.19. The van der Waals surface area contributed by atoms with E-state index in [1.165, 1.54) is 12.1 Å². The molecule has 2 aromatic carbocycles. The van der Waals surface area contributed by atoms with Crippen molar-refractivity contribution in [1.82, 2.24) is 0 Å². The predicted molar refractivity (Wildman–Crippen MR) is 114 cm³/mol. The minimum atomic E-state index is -0.299. The van der Waals surface area contributed by atoms with Crippen molar-refractivity contribution in [3.8, 4) is 22.6 Å². The van der Waals surface area contributed by atoms with Gasteiger partial charge in [0.25, 0.3) is 0 Å². The second kappa shape index (κ2) is 7.87. The molecule has 4 nitrogen and oxygen atoms in total. The number of rotatable bonds is 5. The molecule has 0 saturated heterocycles. The van der Waals surface area contributed by atoms with Crippen LogP contribution in [0, 0.1) is 5.82 Å². The molecule has 29 heavy (non-hydrogen) atoms. The number of thiophene rings is 1. The summed E-state index contributed by atoms with van der Waals surface area (Å²) in [4.78, 5) is 13.5. The Morgan fingerprint density at radius 2 is 2.00 bits per heavy atom. The maximum atomic E-state index is 13.7. The molecule has 2 heterocycles. The van der Waals surface area contributed by atoms with Crippen molar-refractivity contribution in [3.63, 3.8) is 0 Å². The van der Waals surface area contributed by atoms with Crippen molar-refractivity contribution >= 4 is 22.9 Å². The van der Waals surface area contributed by atoms with Crippen molar-refractivity contribution in [3.05, 3.63) is 64.1 Å². The molecule has 6 heteroatoms. The molecule has 0 spiro atoms. The molecule has 4 rings (SSSR count). The standard InChI is InChI=1S/C23H22FNO3S/c1-13(2)28-19-8-7-15(10-20(19)27-3)17-11-21(26)25-22-18(12-29-23(17)22)14-5-4-6-16(24)9-14/h4-10,12-13,17H,11H2,1-3H3,(H,25,26). The van der Waals surface area contributed by atoms with E-state index in [0.29, 0.717) is 17.9 Å². The number of benzene rings is 2. The first-order valence-corrected chi connectivity index (χ1v) is 10.4. The Labute approximate surface area is 173 Å². The fraction of sp³-hybridized carbons (Fsp3) is 0.261. The van der Waals surface area contributed by atoms with Crippen molar-refractivity contribution < 1.29 is 18.7 Å². The number of nitrogens with one attached hydrogen (secondary N) is 1. The molecule has 0 bridgehead atoms. The topological polar surface area (TPSA) is 47.6 Å². The molecule has 1 amide bonds. The Morgan fingerprint density at radius 3 is 2.72 bits per heavy atom. The lowest BCUT2D eigenvalue weighted by molar-refractivity contribution is -0.116. The van der Waals surface area contributed by atoms with E-state index in [9.17, 15) is 9.18 Å². The smallest absolute Gasteiger partial charge is 0.225 e. The Hall–Kier alpha value is -2.86. The van der Waals surface area contributed by atoms with Crippen molar-refractivity contribution in [2.45, 2.75) is 32.3 Å². The van der Waals surface area contributed by atoms with Gasteiger partial charge < -0.3 is 14.8 Å². The number of carbonyl (C=O) groups is 1. The lowest BCUT2D eigenvalue weighted by atomic mass is 9.89. The molecule has 1 aliphatic heterocycles. The largest absolute Gasteiger partial charge is 0.493 e. The zero-order chi connectivity index (χ0) is 20.5. The Bertz CT molecular complexity index is 1060. The molecular formula is C23H22FNO3S. The Balaban J connectivity index is 1.75. The van der Waals surface area contributed by atoms with Gasteiger partial charge in [-0.05, 0) is 49.2 Å². The van der Waals surface area contributed by atoms with E-state index in [0.717, 1.165) is 27.3 Å². The molecule has 3 aromatic rings. The minimum absolute atomic E-state index is 0.0351. The maximum Gasteiger partial charge on any atom is 0.225 e. The van der Waals surface area contributed by atoms with E-state index >= 15 is 0 Å². The number of halogens is 1. The maximum absolute atomic E-state index is 13.7. The molecule has 0 aliphatic carbocycles. The highest BCUT2D eigenvalue weighted by Gasteiger charge is 2.31. The number of hydrogen-bond acceptors (Lipinski definition) is 4. The van der Waals surface area contributed by atoms with Gasteiger partial charge in [0, 0.05) is 28.2 Å². The Morgan fingerprint density at radius 1 is 1.17 bits per heavy atom. The molecule has 1 N–H and O–H groups in total. The first kappa shape index (κ1) is 19.5. The van der Waals surface area contributed by atoms with Crippen LogP contribution in [-0.4, -0.2) is 19.1 Å². The van der Waals surface area contributed by atoms with E-state index in [1.54, 1.807) is 24.5 Å². The third kappa shape index (κ3) is 3.85. The van der Waals surface area contributed by atoms with Crippen LogP contribution in [0.1, 0.15) is 36.6 Å². The van der Waals surface area contributed by atoms with Crippen LogP contribution in [0.2, 0.25) is 0 Å². The zero-order valence-electron chi connectivity index (χ0n) is 16.5. The van der Waals surface area contributed by atoms with Gasteiger partial charge in [-0.25, -0.2) is 4.39 Å². The summed E-state index contributed by atoms with van der Waals surface area (Å²) >= 11 is 1.58. The van der Waals surface area contributed by atoms with E-state index in [-0.39, 0.29) is 23.7 Å². The van der Waals surface area contributed by atoms with Crippen LogP contribution in [0.5, 0.6) is 11.5 Å². The predicted octanol–water partition coefficient (Wildman–Crippen LogP) is 5.82. The number of ether oxygens (including phenoxy) is 2. The third-order valence-corrected chi connectivity index (χ3v) is 5.97. The molecule has 0 saturated carbocycles. The van der Waals surface area contributed by atoms with Crippen molar-refractivity contribution in [2.24, 2.45) is 0 Å². The lowest BCUT2D eigenvalue weighted by Crippen LogP contribution is -2.22. The highest BCUT2D eigenvalue weighted by atomic mass is 32.1. The van der Waals surface area contributed by atoms with Crippen LogP contribution in [-0.2, 0) is 4.79 Å². The summed E-state index contributed by atoms with van der Waals surface area (Å²) in [5.41, 5.74) is 3.35. The quantitative estimate of drug-likeness (QED) is 0.575. The van der Waals surface area contributed by atoms with E-state index in [4.69, 9.17) is 9.47 Å². The zero-order valence-corrected chi connectivity index (χ0v) is 17.3. The lowest BCUT2D eigenvalue weighted by Gasteiger charge is -2.25. The van der Waals surface area contributed by atoms with Crippen molar-refractivity contribution in [1.29, 1.82) is 0 Å². The van der Waals surface area contributed by atoms with Crippen LogP contribution < -0.4 is 14.8 Å². The van der Waals surface area contributed by atoms with Crippen LogP contribution in [0.25, 0.3) is 11.1 Å². The number of amides is 1. The summed E-state index contributed by atoms with van der Waals surface area (Å²) < 4.78 is 25.0. The Kier molecular flexibility index (Phi) is 5.28. The highest BCUT2D eigenvalue weighted by molar-refractivity contribution is 7.11. The van der Waals surface area contributed by atoms with Gasteiger partial charge in [0.2, 0.25) is 5.91 Å². The van der Waals surface area contributed by atoms with Gasteiger partial charge in [-0.15, -0.1) is 11.3 Å². The molecule has 0 fully saturated rings. The molecule has 1 unspecified atom stereocenters. The SMILES string of the molecule is COc1cc(C2CC(=O)Nc3c(-c4cccc(F)c4)csc32)ccc1OC(C)C. The van der Waals surface area contributed by atoms with Crippen molar-refractivity contribution in [2.75, 3.05) is 12.4 Å². The number of anilines is 1. The fourth-order valence-electron chi connectivity index (χ4n) is 3.62. The van der Waals surface area contributed by atoms with E-state index < -0.39 is 0 Å². The molecule has 1 aromatic heterocycles. The summed E-state index contributed by atoms with van der Waals surface area (Å²) in [5, 5.41) is 4.96. The highest BCUT2D eigenvalue weighted by Crippen LogP contribution is 2.47. The molecule has 0 radical (unpaired) electrons. The molecule has 1 atom stereocenters. The molecule has 150 valence electrons. The van der Waals surface area contributed by atoms with Gasteiger partial charge in [-0.1, -0.05) is 18.2 Å². The van der Waals surface area contributed by atoms with Crippen LogP contribution >= 0.6 is 11.3 Å². The second-order valence-electron chi connectivity index (χ2n) is 7.28. The number of carbonyl (C=O) groups excluding carboxylic acids is 1. The molecule has 1 aliphatic rings. The van der Waals surface area contributed by atoms with Crippen LogP contribution in [0.15, 0.2) is 47.8 Å². The summed E-state index contributed by atoms with van der Waals surface area (Å²) in [6.45, 7) is 3.93. The first-order chi connectivity index (χ1) is 14.0. The van der Waals surface area contributed by atoms with Gasteiger partial charge in [-0.2, -0.15) is 0 Å². The van der Waals surface area contributed by atoms with Gasteiger partial charge in [-0.3, -0.25) is 4.79 Å². The summed E-state index contributed by atoms with van der Waals surface area (Å²) in [7, 11) is 1.61. The summed E-state index contributed by atoms with van der Waals surface area (Å²) in [6.07, 6.45) is 0.386. The first-order valence-electron chi connectivity index (χ1n) is 9.48. The minimum Gasteiger partial charge on any atom is -0.493 e. The van der Waals surface area contributed by atoms with Gasteiger partial charge in [0.15, 0.2) is 11.5 Å². The monoisotopic (exact) mass is 411 g/mol. The average molecular weight is 411 g/mol. The van der Waals surface area contributed by atoms with Gasteiger partial charge in [0.1, 0.15) is 5.82 Å². The normalized spacial score (nSPS) is 15.8. The van der Waals surface area contributed by atoms with Gasteiger partial charge >= 0.3 is 0 Å². The van der Waals surface area contributed by atoms with Gasteiger partial charge in [0.05, 0.1) is 18.9 Å². The summed E-state index contributed by atoms with van der Waals surface area (Å²) in [6, 6.07) is 12.2. The number of methoxy groups -OCH3 is 1. The average Bonchev–Trinajstić information content (AvgIpc) is 3.11. The molecular weight excluding hydrogens is 389 g/mol. The van der Waals surface area contributed by atoms with E-state index in [2.05, 4.69) is 5.32 Å². The fourth-order valence-corrected chi connectivity index (χ4v) is 4.78. The van der Waals surface area contributed by atoms with E-state index in [1.807, 2.05) is 43.5 Å². The van der Waals surface area contributed by atoms with Crippen LogP contribution in [0.3, 0.4) is 0 Å².